The van der Waals surface area contributed by atoms with Crippen LogP contribution >= 0.6 is 11.6 Å². The fourth-order valence-corrected chi connectivity index (χ4v) is 1.95. The van der Waals surface area contributed by atoms with E-state index in [0.29, 0.717) is 10.6 Å². The van der Waals surface area contributed by atoms with E-state index in [1.165, 1.54) is 6.08 Å². The molecule has 0 aliphatic heterocycles. The van der Waals surface area contributed by atoms with Crippen molar-refractivity contribution < 1.29 is 9.53 Å². The molecule has 0 aliphatic rings. The van der Waals surface area contributed by atoms with Crippen LogP contribution in [0, 0.1) is 13.8 Å². The molecule has 0 amide bonds. The first kappa shape index (κ1) is 14.3. The molecule has 1 aromatic heterocycles. The summed E-state index contributed by atoms with van der Waals surface area (Å²) in [6.07, 6.45) is 1.53. The highest BCUT2D eigenvalue weighted by atomic mass is 35.5. The summed E-state index contributed by atoms with van der Waals surface area (Å²) in [5.41, 5.74) is 2.98. The van der Waals surface area contributed by atoms with Gasteiger partial charge < -0.3 is 4.74 Å². The van der Waals surface area contributed by atoms with Crippen LogP contribution < -0.4 is 0 Å². The van der Waals surface area contributed by atoms with Crippen molar-refractivity contribution in [3.8, 4) is 5.69 Å². The van der Waals surface area contributed by atoms with E-state index in [4.69, 9.17) is 16.3 Å². The Balaban J connectivity index is 2.26. The third-order valence-corrected chi connectivity index (χ3v) is 3.43. The first-order chi connectivity index (χ1) is 9.54. The van der Waals surface area contributed by atoms with Gasteiger partial charge in [0.25, 0.3) is 0 Å². The summed E-state index contributed by atoms with van der Waals surface area (Å²) < 4.78 is 6.72. The average Bonchev–Trinajstić information content (AvgIpc) is 2.72. The topological polar surface area (TPSA) is 44.1 Å². The number of ether oxygens (including phenoxy) is 1. The van der Waals surface area contributed by atoms with Gasteiger partial charge in [0.15, 0.2) is 0 Å². The Bertz CT molecular complexity index is 645. The van der Waals surface area contributed by atoms with Crippen LogP contribution in [-0.4, -0.2) is 22.4 Å². The van der Waals surface area contributed by atoms with Gasteiger partial charge in [0.2, 0.25) is 0 Å². The number of esters is 1. The first-order valence-corrected chi connectivity index (χ1v) is 6.52. The summed E-state index contributed by atoms with van der Waals surface area (Å²) in [4.78, 5) is 11.7. The minimum atomic E-state index is -0.372. The van der Waals surface area contributed by atoms with Crippen LogP contribution in [0.1, 0.15) is 21.7 Å². The third-order valence-electron chi connectivity index (χ3n) is 2.88. The fourth-order valence-electron chi connectivity index (χ4n) is 1.83. The number of halogens is 1. The van der Waals surface area contributed by atoms with Crippen LogP contribution in [0.2, 0.25) is 5.02 Å². The van der Waals surface area contributed by atoms with Crippen molar-refractivity contribution in [1.82, 2.24) is 9.78 Å². The van der Waals surface area contributed by atoms with E-state index in [-0.39, 0.29) is 12.6 Å². The van der Waals surface area contributed by atoms with Gasteiger partial charge in [-0.15, -0.1) is 0 Å². The van der Waals surface area contributed by atoms with Crippen molar-refractivity contribution in [3.63, 3.8) is 0 Å². The molecule has 0 fully saturated rings. The molecule has 0 atom stereocenters. The molecule has 0 saturated heterocycles. The Morgan fingerprint density at radius 1 is 1.40 bits per heavy atom. The lowest BCUT2D eigenvalue weighted by molar-refractivity contribution is 0.0550. The quantitative estimate of drug-likeness (QED) is 0.639. The van der Waals surface area contributed by atoms with Gasteiger partial charge in [-0.05, 0) is 38.1 Å². The molecule has 2 rings (SSSR count). The number of aryl methyl sites for hydroxylation is 1. The maximum absolute atomic E-state index is 11.7. The maximum atomic E-state index is 11.7. The van der Waals surface area contributed by atoms with E-state index in [2.05, 4.69) is 11.7 Å². The van der Waals surface area contributed by atoms with Crippen LogP contribution in [0.15, 0.2) is 36.9 Å². The van der Waals surface area contributed by atoms with Gasteiger partial charge in [0.05, 0.1) is 27.7 Å². The second-order valence-electron chi connectivity index (χ2n) is 4.33. The summed E-state index contributed by atoms with van der Waals surface area (Å²) in [6, 6.07) is 7.01. The molecular formula is C15H15ClN2O2. The number of rotatable bonds is 4. The molecule has 0 unspecified atom stereocenters. The van der Waals surface area contributed by atoms with E-state index in [1.807, 2.05) is 13.8 Å². The van der Waals surface area contributed by atoms with E-state index in [1.54, 1.807) is 28.9 Å². The monoisotopic (exact) mass is 290 g/mol. The molecule has 1 heterocycles. The highest BCUT2D eigenvalue weighted by molar-refractivity contribution is 6.31. The molecular weight excluding hydrogens is 276 g/mol. The third kappa shape index (κ3) is 2.75. The van der Waals surface area contributed by atoms with Crippen molar-refractivity contribution in [2.75, 3.05) is 6.61 Å². The molecule has 2 aromatic rings. The molecule has 104 valence electrons. The van der Waals surface area contributed by atoms with Gasteiger partial charge in [0, 0.05) is 0 Å². The Kier molecular flexibility index (Phi) is 4.25. The number of benzene rings is 1. The van der Waals surface area contributed by atoms with Crippen LogP contribution in [0.3, 0.4) is 0 Å². The minimum absolute atomic E-state index is 0.202. The van der Waals surface area contributed by atoms with E-state index in [9.17, 15) is 4.79 Å². The number of nitrogens with zero attached hydrogens (tertiary/aromatic N) is 2. The lowest BCUT2D eigenvalue weighted by atomic mass is 10.2. The van der Waals surface area contributed by atoms with Gasteiger partial charge in [-0.1, -0.05) is 24.3 Å². The van der Waals surface area contributed by atoms with Crippen molar-refractivity contribution in [1.29, 1.82) is 0 Å². The van der Waals surface area contributed by atoms with Gasteiger partial charge in [-0.2, -0.15) is 5.10 Å². The van der Waals surface area contributed by atoms with Crippen molar-refractivity contribution in [3.05, 3.63) is 58.9 Å². The van der Waals surface area contributed by atoms with E-state index in [0.717, 1.165) is 17.1 Å². The second-order valence-corrected chi connectivity index (χ2v) is 4.71. The lowest BCUT2D eigenvalue weighted by Crippen LogP contribution is -2.06. The highest BCUT2D eigenvalue weighted by Gasteiger charge is 2.11. The predicted octanol–water partition coefficient (Wildman–Crippen LogP) is 3.49. The van der Waals surface area contributed by atoms with Crippen LogP contribution in [-0.2, 0) is 4.74 Å². The summed E-state index contributed by atoms with van der Waals surface area (Å²) in [7, 11) is 0. The predicted molar refractivity (Wildman–Crippen MR) is 78.5 cm³/mol. The number of hydrogen-bond acceptors (Lipinski definition) is 3. The second kappa shape index (κ2) is 5.92. The maximum Gasteiger partial charge on any atom is 0.338 e. The van der Waals surface area contributed by atoms with Gasteiger partial charge in [0.1, 0.15) is 6.61 Å². The van der Waals surface area contributed by atoms with E-state index < -0.39 is 0 Å². The molecule has 4 nitrogen and oxygen atoms in total. The average molecular weight is 291 g/mol. The van der Waals surface area contributed by atoms with Crippen LogP contribution in [0.25, 0.3) is 5.69 Å². The highest BCUT2D eigenvalue weighted by Crippen LogP contribution is 2.22. The minimum Gasteiger partial charge on any atom is -0.458 e. The molecule has 0 bridgehead atoms. The normalized spacial score (nSPS) is 10.3. The van der Waals surface area contributed by atoms with Gasteiger partial charge in [-0.25, -0.2) is 9.48 Å². The summed E-state index contributed by atoms with van der Waals surface area (Å²) >= 11 is 6.12. The molecule has 0 N–H and O–H groups in total. The largest absolute Gasteiger partial charge is 0.458 e. The molecule has 1 aromatic carbocycles. The molecule has 0 radical (unpaired) electrons. The van der Waals surface area contributed by atoms with Crippen molar-refractivity contribution in [2.45, 2.75) is 13.8 Å². The van der Waals surface area contributed by atoms with Gasteiger partial charge >= 0.3 is 5.97 Å². The Labute approximate surface area is 122 Å². The number of carbonyl (C=O) groups is 1. The summed E-state index contributed by atoms with van der Waals surface area (Å²) in [5.74, 6) is -0.372. The molecule has 0 saturated carbocycles. The van der Waals surface area contributed by atoms with Crippen LogP contribution in [0.4, 0.5) is 0 Å². The van der Waals surface area contributed by atoms with Crippen molar-refractivity contribution in [2.24, 2.45) is 0 Å². The summed E-state index contributed by atoms with van der Waals surface area (Å²) in [6.45, 7) is 7.45. The number of hydrogen-bond donors (Lipinski definition) is 0. The Hall–Kier alpha value is -2.07. The smallest absolute Gasteiger partial charge is 0.338 e. The van der Waals surface area contributed by atoms with E-state index >= 15 is 0 Å². The lowest BCUT2D eigenvalue weighted by Gasteiger charge is -2.06. The number of carbonyl (C=O) groups excluding carboxylic acids is 1. The summed E-state index contributed by atoms with van der Waals surface area (Å²) in [5, 5.41) is 5.01. The standard InChI is InChI=1S/C15H15ClN2O2/c1-4-9-20-15(19)12-5-7-13(8-6-12)18-11(3)14(16)10(2)17-18/h4-8H,1,9H2,2-3H3. The molecule has 0 spiro atoms. The van der Waals surface area contributed by atoms with Crippen LogP contribution in [0.5, 0.6) is 0 Å². The first-order valence-electron chi connectivity index (χ1n) is 6.14. The van der Waals surface area contributed by atoms with Crippen molar-refractivity contribution >= 4 is 17.6 Å². The Morgan fingerprint density at radius 3 is 2.55 bits per heavy atom. The Morgan fingerprint density at radius 2 is 2.05 bits per heavy atom. The SMILES string of the molecule is C=CCOC(=O)c1ccc(-n2nc(C)c(Cl)c2C)cc1. The zero-order valence-corrected chi connectivity index (χ0v) is 12.1. The zero-order valence-electron chi connectivity index (χ0n) is 11.4. The van der Waals surface area contributed by atoms with Gasteiger partial charge in [-0.3, -0.25) is 0 Å². The molecule has 5 heteroatoms. The fraction of sp³-hybridized carbons (Fsp3) is 0.200. The molecule has 0 aliphatic carbocycles. The number of aromatic nitrogens is 2. The zero-order chi connectivity index (χ0) is 14.7. The molecule has 20 heavy (non-hydrogen) atoms.